The summed E-state index contributed by atoms with van der Waals surface area (Å²) in [6, 6.07) is 2.44. The van der Waals surface area contributed by atoms with E-state index in [1.807, 2.05) is 19.0 Å². The van der Waals surface area contributed by atoms with E-state index >= 15 is 0 Å². The molecule has 0 N–H and O–H groups in total. The second-order valence-electron chi connectivity index (χ2n) is 4.65. The molecule has 5 heteroatoms. The van der Waals surface area contributed by atoms with E-state index in [2.05, 4.69) is 6.07 Å². The number of hydrogen-bond donors (Lipinski definition) is 0. The number of rotatable bonds is 1. The molecule has 2 fully saturated rings. The summed E-state index contributed by atoms with van der Waals surface area (Å²) in [4.78, 5) is 2.02. The SMILES string of the molecule is CN(C)C1(C#N)CCC2(CC1)OCCO2.Cl. The van der Waals surface area contributed by atoms with Gasteiger partial charge in [-0.3, -0.25) is 4.90 Å². The summed E-state index contributed by atoms with van der Waals surface area (Å²) >= 11 is 0. The van der Waals surface area contributed by atoms with Crippen molar-refractivity contribution in [3.8, 4) is 6.07 Å². The van der Waals surface area contributed by atoms with Gasteiger partial charge in [-0.05, 0) is 26.9 Å². The Labute approximate surface area is 103 Å². The molecule has 0 amide bonds. The van der Waals surface area contributed by atoms with E-state index in [-0.39, 0.29) is 23.7 Å². The monoisotopic (exact) mass is 246 g/mol. The predicted octanol–water partition coefficient (Wildman–Crippen LogP) is 1.55. The third kappa shape index (κ3) is 2.18. The van der Waals surface area contributed by atoms with Gasteiger partial charge >= 0.3 is 0 Å². The molecule has 0 aromatic heterocycles. The van der Waals surface area contributed by atoms with Crippen LogP contribution in [0.25, 0.3) is 0 Å². The maximum atomic E-state index is 9.27. The van der Waals surface area contributed by atoms with Crippen molar-refractivity contribution < 1.29 is 9.47 Å². The Morgan fingerprint density at radius 1 is 1.06 bits per heavy atom. The number of ether oxygens (including phenoxy) is 2. The summed E-state index contributed by atoms with van der Waals surface area (Å²) in [6.07, 6.45) is 3.32. The Kier molecular flexibility index (Phi) is 4.19. The molecule has 0 aromatic carbocycles. The molecular formula is C11H19ClN2O2. The van der Waals surface area contributed by atoms with Gasteiger partial charge in [0.15, 0.2) is 5.79 Å². The average molecular weight is 247 g/mol. The van der Waals surface area contributed by atoms with Gasteiger partial charge < -0.3 is 9.47 Å². The summed E-state index contributed by atoms with van der Waals surface area (Å²) < 4.78 is 11.3. The van der Waals surface area contributed by atoms with Crippen LogP contribution in [0.2, 0.25) is 0 Å². The van der Waals surface area contributed by atoms with Crippen molar-refractivity contribution in [1.82, 2.24) is 4.90 Å². The number of nitrogens with zero attached hydrogens (tertiary/aromatic N) is 2. The molecule has 0 bridgehead atoms. The third-order valence-corrected chi connectivity index (χ3v) is 3.72. The Hall–Kier alpha value is -0.340. The molecule has 92 valence electrons. The molecule has 2 rings (SSSR count). The second kappa shape index (κ2) is 4.89. The lowest BCUT2D eigenvalue weighted by Gasteiger charge is -2.43. The van der Waals surface area contributed by atoms with Gasteiger partial charge in [-0.15, -0.1) is 12.4 Å². The van der Waals surface area contributed by atoms with E-state index in [4.69, 9.17) is 9.47 Å². The van der Waals surface area contributed by atoms with Crippen LogP contribution in [0.4, 0.5) is 0 Å². The van der Waals surface area contributed by atoms with Gasteiger partial charge in [0, 0.05) is 12.8 Å². The van der Waals surface area contributed by atoms with E-state index in [0.717, 1.165) is 25.7 Å². The van der Waals surface area contributed by atoms with Crippen molar-refractivity contribution in [3.63, 3.8) is 0 Å². The van der Waals surface area contributed by atoms with Crippen LogP contribution in [-0.2, 0) is 9.47 Å². The van der Waals surface area contributed by atoms with E-state index in [1.165, 1.54) is 0 Å². The zero-order valence-electron chi connectivity index (χ0n) is 9.86. The van der Waals surface area contributed by atoms with Crippen LogP contribution in [-0.4, -0.2) is 43.5 Å². The quantitative estimate of drug-likeness (QED) is 0.704. The van der Waals surface area contributed by atoms with Gasteiger partial charge in [-0.1, -0.05) is 0 Å². The first kappa shape index (κ1) is 13.7. The maximum absolute atomic E-state index is 9.27. The lowest BCUT2D eigenvalue weighted by molar-refractivity contribution is -0.187. The van der Waals surface area contributed by atoms with Crippen molar-refractivity contribution in [2.75, 3.05) is 27.3 Å². The number of halogens is 1. The highest BCUT2D eigenvalue weighted by molar-refractivity contribution is 5.85. The summed E-state index contributed by atoms with van der Waals surface area (Å²) in [5.41, 5.74) is -0.319. The minimum Gasteiger partial charge on any atom is -0.348 e. The highest BCUT2D eigenvalue weighted by Gasteiger charge is 2.47. The van der Waals surface area contributed by atoms with Crippen LogP contribution in [0, 0.1) is 11.3 Å². The minimum absolute atomic E-state index is 0. The first-order valence-electron chi connectivity index (χ1n) is 5.49. The number of nitriles is 1. The van der Waals surface area contributed by atoms with Crippen molar-refractivity contribution >= 4 is 12.4 Å². The Morgan fingerprint density at radius 3 is 1.94 bits per heavy atom. The zero-order chi connectivity index (χ0) is 10.9. The summed E-state index contributed by atoms with van der Waals surface area (Å²) in [6.45, 7) is 1.39. The van der Waals surface area contributed by atoms with E-state index in [9.17, 15) is 5.26 Å². The Morgan fingerprint density at radius 2 is 1.56 bits per heavy atom. The van der Waals surface area contributed by atoms with Gasteiger partial charge in [0.1, 0.15) is 5.54 Å². The third-order valence-electron chi connectivity index (χ3n) is 3.72. The molecule has 0 unspecified atom stereocenters. The second-order valence-corrected chi connectivity index (χ2v) is 4.65. The smallest absolute Gasteiger partial charge is 0.168 e. The summed E-state index contributed by atoms with van der Waals surface area (Å²) in [7, 11) is 3.94. The van der Waals surface area contributed by atoms with Crippen LogP contribution in [0.5, 0.6) is 0 Å². The summed E-state index contributed by atoms with van der Waals surface area (Å²) in [5, 5.41) is 9.27. The normalized spacial score (nSPS) is 26.4. The molecule has 1 saturated heterocycles. The largest absolute Gasteiger partial charge is 0.348 e. The molecule has 1 aliphatic carbocycles. The first-order valence-corrected chi connectivity index (χ1v) is 5.49. The fourth-order valence-electron chi connectivity index (χ4n) is 2.49. The molecule has 2 aliphatic rings. The van der Waals surface area contributed by atoms with Gasteiger partial charge in [-0.25, -0.2) is 0 Å². The summed E-state index contributed by atoms with van der Waals surface area (Å²) in [5.74, 6) is -0.365. The van der Waals surface area contributed by atoms with E-state index in [0.29, 0.717) is 13.2 Å². The van der Waals surface area contributed by atoms with Gasteiger partial charge in [0.2, 0.25) is 0 Å². The average Bonchev–Trinajstić information content (AvgIpc) is 2.68. The molecule has 0 atom stereocenters. The molecular weight excluding hydrogens is 228 g/mol. The molecule has 16 heavy (non-hydrogen) atoms. The topological polar surface area (TPSA) is 45.5 Å². The predicted molar refractivity (Wildman–Crippen MR) is 62.4 cm³/mol. The first-order chi connectivity index (χ1) is 7.13. The van der Waals surface area contributed by atoms with Crippen LogP contribution < -0.4 is 0 Å². The molecule has 0 aromatic rings. The standard InChI is InChI=1S/C11H18N2O2.ClH/c1-13(2)10(9-12)3-5-11(6-4-10)14-7-8-15-11;/h3-8H2,1-2H3;1H. The van der Waals surface area contributed by atoms with Crippen molar-refractivity contribution in [2.24, 2.45) is 0 Å². The van der Waals surface area contributed by atoms with Crippen molar-refractivity contribution in [3.05, 3.63) is 0 Å². The van der Waals surface area contributed by atoms with E-state index < -0.39 is 0 Å². The Balaban J connectivity index is 0.00000128. The van der Waals surface area contributed by atoms with Crippen LogP contribution in [0.3, 0.4) is 0 Å². The maximum Gasteiger partial charge on any atom is 0.168 e. The molecule has 1 spiro atoms. The van der Waals surface area contributed by atoms with E-state index in [1.54, 1.807) is 0 Å². The molecule has 4 nitrogen and oxygen atoms in total. The lowest BCUT2D eigenvalue weighted by atomic mass is 9.79. The highest BCUT2D eigenvalue weighted by atomic mass is 35.5. The molecule has 0 radical (unpaired) electrons. The fraction of sp³-hybridized carbons (Fsp3) is 0.909. The van der Waals surface area contributed by atoms with Crippen molar-refractivity contribution in [1.29, 1.82) is 5.26 Å². The molecule has 1 saturated carbocycles. The fourth-order valence-corrected chi connectivity index (χ4v) is 2.49. The Bertz CT molecular complexity index is 272. The zero-order valence-corrected chi connectivity index (χ0v) is 10.7. The van der Waals surface area contributed by atoms with Crippen LogP contribution >= 0.6 is 12.4 Å². The van der Waals surface area contributed by atoms with Crippen molar-refractivity contribution in [2.45, 2.75) is 37.0 Å². The molecule has 1 aliphatic heterocycles. The molecule has 1 heterocycles. The highest BCUT2D eigenvalue weighted by Crippen LogP contribution is 2.41. The van der Waals surface area contributed by atoms with Crippen LogP contribution in [0.1, 0.15) is 25.7 Å². The van der Waals surface area contributed by atoms with Crippen LogP contribution in [0.15, 0.2) is 0 Å². The van der Waals surface area contributed by atoms with Gasteiger partial charge in [-0.2, -0.15) is 5.26 Å². The number of hydrogen-bond acceptors (Lipinski definition) is 4. The van der Waals surface area contributed by atoms with Gasteiger partial charge in [0.05, 0.1) is 19.3 Å². The lowest BCUT2D eigenvalue weighted by Crippen LogP contribution is -2.50. The van der Waals surface area contributed by atoms with Gasteiger partial charge in [0.25, 0.3) is 0 Å². The minimum atomic E-state index is -0.365.